The molecule has 0 amide bonds. The lowest BCUT2D eigenvalue weighted by Crippen LogP contribution is -2.47. The average molecular weight is 369 g/mol. The van der Waals surface area contributed by atoms with Gasteiger partial charge in [-0.1, -0.05) is 25.1 Å². The number of anilines is 1. The molecular weight excluding hydrogens is 344 g/mol. The molecule has 1 saturated heterocycles. The molecule has 0 spiro atoms. The maximum absolute atomic E-state index is 5.82. The zero-order chi connectivity index (χ0) is 17.8. The van der Waals surface area contributed by atoms with E-state index in [2.05, 4.69) is 32.8 Å². The summed E-state index contributed by atoms with van der Waals surface area (Å²) in [6.45, 7) is 7.94. The van der Waals surface area contributed by atoms with Gasteiger partial charge in [-0.25, -0.2) is 9.97 Å². The van der Waals surface area contributed by atoms with Crippen LogP contribution in [-0.2, 0) is 6.42 Å². The molecule has 2 aromatic heterocycles. The van der Waals surface area contributed by atoms with Crippen molar-refractivity contribution in [1.82, 2.24) is 14.9 Å². The molecule has 0 radical (unpaired) electrons. The summed E-state index contributed by atoms with van der Waals surface area (Å²) >= 11 is 1.78. The number of para-hydroxylation sites is 1. The van der Waals surface area contributed by atoms with Crippen LogP contribution in [0.1, 0.15) is 11.8 Å². The fraction of sp³-hybridized carbons (Fsp3) is 0.400. The summed E-state index contributed by atoms with van der Waals surface area (Å²) in [5.74, 6) is 2.03. The highest BCUT2D eigenvalue weighted by molar-refractivity contribution is 7.18. The monoisotopic (exact) mass is 368 g/mol. The van der Waals surface area contributed by atoms with E-state index in [-0.39, 0.29) is 0 Å². The first-order valence-electron chi connectivity index (χ1n) is 9.22. The Morgan fingerprint density at radius 2 is 1.88 bits per heavy atom. The third-order valence-electron chi connectivity index (χ3n) is 4.80. The zero-order valence-corrected chi connectivity index (χ0v) is 15.9. The molecule has 5 nitrogen and oxygen atoms in total. The number of ether oxygens (including phenoxy) is 1. The highest BCUT2D eigenvalue weighted by Gasteiger charge is 2.20. The van der Waals surface area contributed by atoms with Crippen molar-refractivity contribution in [1.29, 1.82) is 0 Å². The molecule has 1 aliphatic rings. The molecular formula is C20H24N4OS. The van der Waals surface area contributed by atoms with Crippen LogP contribution < -0.4 is 9.64 Å². The van der Waals surface area contributed by atoms with E-state index in [1.807, 2.05) is 30.3 Å². The van der Waals surface area contributed by atoms with Crippen molar-refractivity contribution < 1.29 is 4.74 Å². The van der Waals surface area contributed by atoms with Crippen LogP contribution in [0.2, 0.25) is 0 Å². The Morgan fingerprint density at radius 3 is 2.65 bits per heavy atom. The van der Waals surface area contributed by atoms with Crippen LogP contribution in [0.25, 0.3) is 10.2 Å². The van der Waals surface area contributed by atoms with Crippen LogP contribution in [-0.4, -0.2) is 54.2 Å². The van der Waals surface area contributed by atoms with Gasteiger partial charge in [0.15, 0.2) is 0 Å². The minimum Gasteiger partial charge on any atom is -0.492 e. The number of benzene rings is 1. The minimum atomic E-state index is 0.728. The molecule has 0 unspecified atom stereocenters. The van der Waals surface area contributed by atoms with E-state index < -0.39 is 0 Å². The van der Waals surface area contributed by atoms with Gasteiger partial charge < -0.3 is 9.64 Å². The van der Waals surface area contributed by atoms with Crippen molar-refractivity contribution in [2.75, 3.05) is 44.2 Å². The van der Waals surface area contributed by atoms with Gasteiger partial charge in [-0.05, 0) is 24.6 Å². The second-order valence-corrected chi connectivity index (χ2v) is 7.59. The molecule has 136 valence electrons. The second-order valence-electron chi connectivity index (χ2n) is 6.47. The lowest BCUT2D eigenvalue weighted by molar-refractivity contribution is 0.200. The lowest BCUT2D eigenvalue weighted by atomic mass is 10.2. The first-order chi connectivity index (χ1) is 12.8. The van der Waals surface area contributed by atoms with Crippen LogP contribution in [0.3, 0.4) is 0 Å². The number of nitrogens with zero attached hydrogens (tertiary/aromatic N) is 4. The number of hydrogen-bond donors (Lipinski definition) is 0. The van der Waals surface area contributed by atoms with Crippen LogP contribution in [0.15, 0.2) is 42.7 Å². The third kappa shape index (κ3) is 3.81. The summed E-state index contributed by atoms with van der Waals surface area (Å²) in [4.78, 5) is 16.4. The Kier molecular flexibility index (Phi) is 5.32. The van der Waals surface area contributed by atoms with Crippen molar-refractivity contribution in [3.63, 3.8) is 0 Å². The quantitative estimate of drug-likeness (QED) is 0.667. The number of rotatable bonds is 6. The molecule has 4 rings (SSSR count). The van der Waals surface area contributed by atoms with E-state index >= 15 is 0 Å². The highest BCUT2D eigenvalue weighted by atomic mass is 32.1. The van der Waals surface area contributed by atoms with Gasteiger partial charge in [0.05, 0.1) is 5.39 Å². The maximum atomic E-state index is 5.82. The Morgan fingerprint density at radius 1 is 1.08 bits per heavy atom. The molecule has 1 fully saturated rings. The number of fused-ring (bicyclic) bond motifs is 1. The van der Waals surface area contributed by atoms with Crippen molar-refractivity contribution in [3.05, 3.63) is 47.6 Å². The predicted molar refractivity (Wildman–Crippen MR) is 107 cm³/mol. The van der Waals surface area contributed by atoms with Gasteiger partial charge in [-0.2, -0.15) is 0 Å². The Hall–Kier alpha value is -2.18. The number of thiophene rings is 1. The van der Waals surface area contributed by atoms with E-state index in [1.165, 1.54) is 10.3 Å². The van der Waals surface area contributed by atoms with Gasteiger partial charge in [0, 0.05) is 37.6 Å². The summed E-state index contributed by atoms with van der Waals surface area (Å²) in [5.41, 5.74) is 0. The van der Waals surface area contributed by atoms with E-state index in [4.69, 9.17) is 4.74 Å². The van der Waals surface area contributed by atoms with Crippen molar-refractivity contribution in [2.24, 2.45) is 0 Å². The molecule has 6 heteroatoms. The van der Waals surface area contributed by atoms with Crippen molar-refractivity contribution in [2.45, 2.75) is 13.3 Å². The highest BCUT2D eigenvalue weighted by Crippen LogP contribution is 2.30. The van der Waals surface area contributed by atoms with Crippen LogP contribution in [0, 0.1) is 0 Å². The van der Waals surface area contributed by atoms with E-state index in [1.54, 1.807) is 17.7 Å². The molecule has 0 N–H and O–H groups in total. The average Bonchev–Trinajstić information content (AvgIpc) is 3.13. The Labute approximate surface area is 158 Å². The standard InChI is InChI=1S/C20H24N4OS/c1-2-17-14-18-19(21-15-22-20(18)26-17)24-10-8-23(9-11-24)12-13-25-16-6-4-3-5-7-16/h3-7,14-15H,2,8-13H2,1H3. The van der Waals surface area contributed by atoms with Gasteiger partial charge >= 0.3 is 0 Å². The topological polar surface area (TPSA) is 41.5 Å². The van der Waals surface area contributed by atoms with Gasteiger partial charge in [0.1, 0.15) is 29.3 Å². The Balaban J connectivity index is 1.33. The minimum absolute atomic E-state index is 0.728. The summed E-state index contributed by atoms with van der Waals surface area (Å²) in [6, 6.07) is 12.3. The fourth-order valence-corrected chi connectivity index (χ4v) is 4.24. The summed E-state index contributed by atoms with van der Waals surface area (Å²) < 4.78 is 5.82. The molecule has 1 aromatic carbocycles. The summed E-state index contributed by atoms with van der Waals surface area (Å²) in [7, 11) is 0. The van der Waals surface area contributed by atoms with Gasteiger partial charge in [0.2, 0.25) is 0 Å². The first-order valence-corrected chi connectivity index (χ1v) is 10.0. The molecule has 26 heavy (non-hydrogen) atoms. The van der Waals surface area contributed by atoms with Crippen molar-refractivity contribution in [3.8, 4) is 5.75 Å². The number of aryl methyl sites for hydroxylation is 1. The van der Waals surface area contributed by atoms with Gasteiger partial charge in [-0.3, -0.25) is 4.90 Å². The molecule has 0 bridgehead atoms. The van der Waals surface area contributed by atoms with Gasteiger partial charge in [0.25, 0.3) is 0 Å². The maximum Gasteiger partial charge on any atom is 0.140 e. The number of piperazine rings is 1. The van der Waals surface area contributed by atoms with E-state index in [0.29, 0.717) is 0 Å². The summed E-state index contributed by atoms with van der Waals surface area (Å²) in [5, 5.41) is 1.20. The fourth-order valence-electron chi connectivity index (χ4n) is 3.31. The molecule has 3 aromatic rings. The normalized spacial score (nSPS) is 15.5. The smallest absolute Gasteiger partial charge is 0.140 e. The number of hydrogen-bond acceptors (Lipinski definition) is 6. The van der Waals surface area contributed by atoms with Crippen LogP contribution in [0.4, 0.5) is 5.82 Å². The molecule has 0 aliphatic carbocycles. The van der Waals surface area contributed by atoms with Crippen LogP contribution >= 0.6 is 11.3 Å². The molecule has 1 aliphatic heterocycles. The van der Waals surface area contributed by atoms with E-state index in [0.717, 1.165) is 62.1 Å². The summed E-state index contributed by atoms with van der Waals surface area (Å²) in [6.07, 6.45) is 2.75. The molecule has 0 saturated carbocycles. The Bertz CT molecular complexity index is 843. The first kappa shape index (κ1) is 17.2. The SMILES string of the molecule is CCc1cc2c(N3CCN(CCOc4ccccc4)CC3)ncnc2s1. The predicted octanol–water partition coefficient (Wildman–Crippen LogP) is 3.45. The molecule has 0 atom stereocenters. The number of aromatic nitrogens is 2. The second kappa shape index (κ2) is 8.01. The molecule has 3 heterocycles. The van der Waals surface area contributed by atoms with Crippen LogP contribution in [0.5, 0.6) is 5.75 Å². The van der Waals surface area contributed by atoms with Crippen molar-refractivity contribution >= 4 is 27.4 Å². The third-order valence-corrected chi connectivity index (χ3v) is 5.99. The largest absolute Gasteiger partial charge is 0.492 e. The zero-order valence-electron chi connectivity index (χ0n) is 15.1. The lowest BCUT2D eigenvalue weighted by Gasteiger charge is -2.35. The van der Waals surface area contributed by atoms with Gasteiger partial charge in [-0.15, -0.1) is 11.3 Å². The van der Waals surface area contributed by atoms with E-state index in [9.17, 15) is 0 Å².